The summed E-state index contributed by atoms with van der Waals surface area (Å²) in [6, 6.07) is 0. The summed E-state index contributed by atoms with van der Waals surface area (Å²) in [5.74, 6) is -3.40. The Morgan fingerprint density at radius 2 is 2.00 bits per heavy atom. The lowest BCUT2D eigenvalue weighted by atomic mass is 10.6. The lowest BCUT2D eigenvalue weighted by molar-refractivity contribution is -0.210. The van der Waals surface area contributed by atoms with Crippen molar-refractivity contribution < 1.29 is 27.1 Å². The van der Waals surface area contributed by atoms with E-state index >= 15 is 0 Å². The van der Waals surface area contributed by atoms with Crippen molar-refractivity contribution in [3.05, 3.63) is 0 Å². The second kappa shape index (κ2) is 3.75. The van der Waals surface area contributed by atoms with E-state index in [0.29, 0.717) is 0 Å². The minimum absolute atomic E-state index is 0.818. The number of hydrogen-bond donors (Lipinski definition) is 0. The maximum atomic E-state index is 11.8. The van der Waals surface area contributed by atoms with Crippen molar-refractivity contribution in [1.82, 2.24) is 0 Å². The predicted molar refractivity (Wildman–Crippen MR) is 27.8 cm³/mol. The Bertz CT molecular complexity index is 146. The molecule has 0 rings (SSSR count). The van der Waals surface area contributed by atoms with Crippen LogP contribution in [-0.2, 0) is 9.53 Å². The first kappa shape index (κ1) is 10.5. The van der Waals surface area contributed by atoms with E-state index in [1.807, 2.05) is 0 Å². The van der Waals surface area contributed by atoms with Crippen LogP contribution in [0.2, 0.25) is 0 Å². The predicted octanol–water partition coefficient (Wildman–Crippen LogP) is 1.63. The number of halogens is 5. The van der Waals surface area contributed by atoms with E-state index in [-0.39, 0.29) is 0 Å². The molecule has 0 aliphatic carbocycles. The van der Waals surface area contributed by atoms with E-state index in [9.17, 15) is 22.4 Å². The van der Waals surface area contributed by atoms with Crippen LogP contribution >= 0.6 is 11.6 Å². The number of carbonyl (C=O) groups is 1. The van der Waals surface area contributed by atoms with Crippen LogP contribution in [0.1, 0.15) is 0 Å². The molecule has 0 aromatic heterocycles. The molecule has 0 aromatic rings. The van der Waals surface area contributed by atoms with Crippen LogP contribution in [0.4, 0.5) is 17.6 Å². The normalized spacial score (nSPS) is 14.3. The molecule has 0 saturated carbocycles. The van der Waals surface area contributed by atoms with Crippen LogP contribution < -0.4 is 0 Å². The molecule has 0 amide bonds. The monoisotopic (exact) mass is 194 g/mol. The zero-order chi connectivity index (χ0) is 9.07. The molecule has 0 bridgehead atoms. The fraction of sp³-hybridized carbons (Fsp3) is 0.750. The quantitative estimate of drug-likeness (QED) is 0.379. The average molecular weight is 195 g/mol. The minimum Gasteiger partial charge on any atom is -0.423 e. The summed E-state index contributed by atoms with van der Waals surface area (Å²) in [5, 5.41) is 0. The minimum atomic E-state index is -5.17. The summed E-state index contributed by atoms with van der Waals surface area (Å²) in [6.45, 7) is 0. The number of esters is 1. The Morgan fingerprint density at radius 3 is 2.27 bits per heavy atom. The summed E-state index contributed by atoms with van der Waals surface area (Å²) < 4.78 is 48.8. The van der Waals surface area contributed by atoms with E-state index in [1.54, 1.807) is 0 Å². The molecule has 1 unspecified atom stereocenters. The smallest absolute Gasteiger partial charge is 0.423 e. The van der Waals surface area contributed by atoms with Crippen LogP contribution in [0.25, 0.3) is 0 Å². The topological polar surface area (TPSA) is 26.3 Å². The van der Waals surface area contributed by atoms with Gasteiger partial charge in [-0.15, -0.1) is 11.6 Å². The molecular weight excluding hydrogens is 191 g/mol. The molecule has 0 saturated heterocycles. The number of rotatable bonds is 2. The SMILES string of the molecule is O=C(OC(F)CCl)C(F)(F)F. The molecule has 0 radical (unpaired) electrons. The van der Waals surface area contributed by atoms with Crippen molar-refractivity contribution in [3.63, 3.8) is 0 Å². The van der Waals surface area contributed by atoms with Gasteiger partial charge >= 0.3 is 12.1 Å². The third-order valence-corrected chi connectivity index (χ3v) is 0.830. The second-order valence-electron chi connectivity index (χ2n) is 1.47. The summed E-state index contributed by atoms with van der Waals surface area (Å²) in [4.78, 5) is 9.79. The summed E-state index contributed by atoms with van der Waals surface area (Å²) in [6.07, 6.45) is -7.58. The Morgan fingerprint density at radius 1 is 1.55 bits per heavy atom. The summed E-state index contributed by atoms with van der Waals surface area (Å²) >= 11 is 4.73. The number of ether oxygens (including phenoxy) is 1. The van der Waals surface area contributed by atoms with E-state index < -0.39 is 24.4 Å². The second-order valence-corrected chi connectivity index (χ2v) is 1.78. The van der Waals surface area contributed by atoms with Gasteiger partial charge in [0.1, 0.15) is 0 Å². The van der Waals surface area contributed by atoms with Crippen LogP contribution in [0.3, 0.4) is 0 Å². The number of alkyl halides is 5. The standard InChI is InChI=1S/C4H3ClF4O2/c5-1-2(6)11-3(10)4(7,8)9/h2H,1H2. The third-order valence-electron chi connectivity index (χ3n) is 0.588. The molecule has 0 aliphatic heterocycles. The highest BCUT2D eigenvalue weighted by Gasteiger charge is 2.42. The Balaban J connectivity index is 3.88. The lowest BCUT2D eigenvalue weighted by Gasteiger charge is -2.08. The summed E-state index contributed by atoms with van der Waals surface area (Å²) in [5.41, 5.74) is 0. The van der Waals surface area contributed by atoms with Gasteiger partial charge < -0.3 is 4.74 Å². The van der Waals surface area contributed by atoms with Gasteiger partial charge in [-0.1, -0.05) is 0 Å². The molecule has 0 heterocycles. The van der Waals surface area contributed by atoms with Crippen LogP contribution in [0, 0.1) is 0 Å². The van der Waals surface area contributed by atoms with Gasteiger partial charge in [0.15, 0.2) is 0 Å². The Hall–Kier alpha value is -0.520. The highest BCUT2D eigenvalue weighted by Crippen LogP contribution is 2.17. The van der Waals surface area contributed by atoms with Gasteiger partial charge in [0, 0.05) is 0 Å². The van der Waals surface area contributed by atoms with Crippen molar-refractivity contribution in [2.75, 3.05) is 5.88 Å². The molecule has 2 nitrogen and oxygen atoms in total. The maximum Gasteiger partial charge on any atom is 0.491 e. The van der Waals surface area contributed by atoms with E-state index in [1.165, 1.54) is 0 Å². The molecule has 0 N–H and O–H groups in total. The summed E-state index contributed by atoms with van der Waals surface area (Å²) in [7, 11) is 0. The van der Waals surface area contributed by atoms with Gasteiger partial charge in [-0.2, -0.15) is 13.2 Å². The fourth-order valence-corrected chi connectivity index (χ4v) is 0.277. The first-order valence-corrected chi connectivity index (χ1v) is 2.89. The van der Waals surface area contributed by atoms with E-state index in [0.717, 1.165) is 0 Å². The van der Waals surface area contributed by atoms with Crippen molar-refractivity contribution in [1.29, 1.82) is 0 Å². The third kappa shape index (κ3) is 4.02. The number of hydrogen-bond acceptors (Lipinski definition) is 2. The molecular formula is C4H3ClF4O2. The Labute approximate surface area is 64.1 Å². The van der Waals surface area contributed by atoms with Crippen molar-refractivity contribution in [3.8, 4) is 0 Å². The Kier molecular flexibility index (Phi) is 3.57. The molecule has 7 heteroatoms. The van der Waals surface area contributed by atoms with Gasteiger partial charge in [-0.3, -0.25) is 0 Å². The average Bonchev–Trinajstić information content (AvgIpc) is 1.85. The number of carbonyl (C=O) groups excluding carboxylic acids is 1. The zero-order valence-corrected chi connectivity index (χ0v) is 5.75. The van der Waals surface area contributed by atoms with Crippen LogP contribution in [-0.4, -0.2) is 24.4 Å². The highest BCUT2D eigenvalue weighted by atomic mass is 35.5. The van der Waals surface area contributed by atoms with Gasteiger partial charge in [-0.25, -0.2) is 9.18 Å². The lowest BCUT2D eigenvalue weighted by Crippen LogP contribution is -2.29. The van der Waals surface area contributed by atoms with Crippen molar-refractivity contribution in [2.45, 2.75) is 12.5 Å². The molecule has 0 spiro atoms. The van der Waals surface area contributed by atoms with Crippen LogP contribution in [0.15, 0.2) is 0 Å². The van der Waals surface area contributed by atoms with E-state index in [2.05, 4.69) is 4.74 Å². The van der Waals surface area contributed by atoms with Crippen molar-refractivity contribution >= 4 is 17.6 Å². The molecule has 0 aromatic carbocycles. The van der Waals surface area contributed by atoms with E-state index in [4.69, 9.17) is 11.6 Å². The first-order chi connectivity index (χ1) is 4.88. The fourth-order valence-electron chi connectivity index (χ4n) is 0.214. The van der Waals surface area contributed by atoms with Gasteiger partial charge in [-0.05, 0) is 0 Å². The molecule has 1 atom stereocenters. The first-order valence-electron chi connectivity index (χ1n) is 2.35. The zero-order valence-electron chi connectivity index (χ0n) is 4.99. The van der Waals surface area contributed by atoms with Crippen molar-refractivity contribution in [2.24, 2.45) is 0 Å². The molecule has 11 heavy (non-hydrogen) atoms. The van der Waals surface area contributed by atoms with Gasteiger partial charge in [0.05, 0.1) is 5.88 Å². The maximum absolute atomic E-state index is 11.8. The van der Waals surface area contributed by atoms with Crippen LogP contribution in [0.5, 0.6) is 0 Å². The van der Waals surface area contributed by atoms with Gasteiger partial charge in [0.2, 0.25) is 0 Å². The molecule has 66 valence electrons. The molecule has 0 aliphatic rings. The highest BCUT2D eigenvalue weighted by molar-refractivity contribution is 6.18. The largest absolute Gasteiger partial charge is 0.491 e. The van der Waals surface area contributed by atoms with Gasteiger partial charge in [0.25, 0.3) is 6.36 Å². The molecule has 0 fully saturated rings.